The Labute approximate surface area is 56.4 Å². The van der Waals surface area contributed by atoms with Crippen molar-refractivity contribution in [3.63, 3.8) is 0 Å². The number of hydrogen-bond acceptors (Lipinski definition) is 1. The number of allylic oxidation sites excluding steroid dienone is 2. The molecule has 0 aromatic heterocycles. The van der Waals surface area contributed by atoms with E-state index < -0.39 is 0 Å². The van der Waals surface area contributed by atoms with Crippen LogP contribution in [0, 0.1) is 0 Å². The molecule has 8 heavy (non-hydrogen) atoms. The van der Waals surface area contributed by atoms with E-state index in [4.69, 9.17) is 0 Å². The molecule has 0 amide bonds. The topological polar surface area (TPSA) is 0 Å². The number of hydrogen-bond donors (Lipinski definition) is 0. The van der Waals surface area contributed by atoms with Gasteiger partial charge in [-0.3, -0.25) is 0 Å². The van der Waals surface area contributed by atoms with Crippen LogP contribution in [0.2, 0.25) is 0 Å². The zero-order valence-electron chi connectivity index (χ0n) is 5.68. The van der Waals surface area contributed by atoms with Gasteiger partial charge in [0.2, 0.25) is 0 Å². The summed E-state index contributed by atoms with van der Waals surface area (Å²) in [5, 5.41) is 0. The first-order valence-corrected chi connectivity index (χ1v) is 4.45. The highest BCUT2D eigenvalue weighted by Crippen LogP contribution is 1.96. The molecule has 0 bridgehead atoms. The van der Waals surface area contributed by atoms with E-state index in [1.165, 1.54) is 18.6 Å². The second kappa shape index (κ2) is 7.09. The summed E-state index contributed by atoms with van der Waals surface area (Å²) in [7, 11) is 0. The Hall–Kier alpha value is 0.0900. The summed E-state index contributed by atoms with van der Waals surface area (Å²) in [6, 6.07) is 0. The monoisotopic (exact) mass is 130 g/mol. The van der Waals surface area contributed by atoms with Crippen molar-refractivity contribution in [1.82, 2.24) is 0 Å². The molecule has 0 aliphatic heterocycles. The Morgan fingerprint density at radius 3 is 2.62 bits per heavy atom. The maximum absolute atomic E-state index is 2.25. The third-order valence-corrected chi connectivity index (χ3v) is 1.53. The average Bonchev–Trinajstić information content (AvgIpc) is 1.81. The van der Waals surface area contributed by atoms with Crippen molar-refractivity contribution >= 4 is 11.8 Å². The first-order chi connectivity index (χ1) is 3.91. The zero-order valence-corrected chi connectivity index (χ0v) is 6.50. The van der Waals surface area contributed by atoms with Gasteiger partial charge in [-0.2, -0.15) is 11.8 Å². The van der Waals surface area contributed by atoms with E-state index >= 15 is 0 Å². The Morgan fingerprint density at radius 1 is 1.38 bits per heavy atom. The van der Waals surface area contributed by atoms with Crippen molar-refractivity contribution in [3.8, 4) is 0 Å². The maximum Gasteiger partial charge on any atom is -0.00357 e. The van der Waals surface area contributed by atoms with Gasteiger partial charge in [0.25, 0.3) is 0 Å². The lowest BCUT2D eigenvalue weighted by Crippen LogP contribution is -1.69. The Bertz CT molecular complexity index is 57.4. The highest BCUT2D eigenvalue weighted by Gasteiger charge is 1.74. The van der Waals surface area contributed by atoms with Crippen LogP contribution in [-0.2, 0) is 0 Å². The Morgan fingerprint density at radius 2 is 2.12 bits per heavy atom. The van der Waals surface area contributed by atoms with Crippen LogP contribution in [0.25, 0.3) is 0 Å². The molecule has 48 valence electrons. The van der Waals surface area contributed by atoms with E-state index in [1.807, 2.05) is 11.8 Å². The summed E-state index contributed by atoms with van der Waals surface area (Å²) in [6.45, 7) is 2.16. The van der Waals surface area contributed by atoms with Gasteiger partial charge in [-0.25, -0.2) is 0 Å². The molecule has 0 rings (SSSR count). The molecule has 0 spiro atoms. The minimum atomic E-state index is 1.17. The minimum Gasteiger partial charge on any atom is -0.165 e. The van der Waals surface area contributed by atoms with Crippen molar-refractivity contribution in [3.05, 3.63) is 12.2 Å². The van der Waals surface area contributed by atoms with Gasteiger partial charge >= 0.3 is 0 Å². The predicted octanol–water partition coefficient (Wildman–Crippen LogP) is 2.71. The fourth-order valence-corrected chi connectivity index (χ4v) is 0.842. The van der Waals surface area contributed by atoms with Crippen LogP contribution in [-0.4, -0.2) is 12.0 Å². The average molecular weight is 130 g/mol. The molecule has 0 fully saturated rings. The molecular weight excluding hydrogens is 116 g/mol. The molecule has 0 radical (unpaired) electrons. The van der Waals surface area contributed by atoms with Gasteiger partial charge in [-0.05, 0) is 24.9 Å². The lowest BCUT2D eigenvalue weighted by atomic mass is 10.4. The van der Waals surface area contributed by atoms with E-state index in [1.54, 1.807) is 0 Å². The van der Waals surface area contributed by atoms with Crippen LogP contribution in [0.3, 0.4) is 0 Å². The van der Waals surface area contributed by atoms with E-state index in [2.05, 4.69) is 25.3 Å². The first kappa shape index (κ1) is 8.09. The van der Waals surface area contributed by atoms with Crippen LogP contribution < -0.4 is 0 Å². The molecule has 0 aromatic carbocycles. The van der Waals surface area contributed by atoms with Gasteiger partial charge in [0.15, 0.2) is 0 Å². The van der Waals surface area contributed by atoms with Crippen molar-refractivity contribution in [2.24, 2.45) is 0 Å². The molecule has 0 nitrogen and oxygen atoms in total. The number of thioether (sulfide) groups is 1. The summed E-state index contributed by atoms with van der Waals surface area (Å²) < 4.78 is 0. The quantitative estimate of drug-likeness (QED) is 0.416. The van der Waals surface area contributed by atoms with Crippen molar-refractivity contribution < 1.29 is 0 Å². The summed E-state index contributed by atoms with van der Waals surface area (Å²) in [6.07, 6.45) is 9.01. The number of rotatable bonds is 4. The van der Waals surface area contributed by atoms with Crippen molar-refractivity contribution in [2.45, 2.75) is 19.8 Å². The van der Waals surface area contributed by atoms with E-state index in [9.17, 15) is 0 Å². The largest absolute Gasteiger partial charge is 0.165 e. The van der Waals surface area contributed by atoms with Crippen molar-refractivity contribution in [1.29, 1.82) is 0 Å². The second-order valence-electron chi connectivity index (χ2n) is 1.66. The lowest BCUT2D eigenvalue weighted by molar-refractivity contribution is 1.17. The molecule has 0 aromatic rings. The van der Waals surface area contributed by atoms with Crippen LogP contribution in [0.1, 0.15) is 19.8 Å². The molecule has 0 saturated carbocycles. The predicted molar refractivity (Wildman–Crippen MR) is 42.4 cm³/mol. The van der Waals surface area contributed by atoms with E-state index in [0.717, 1.165) is 0 Å². The van der Waals surface area contributed by atoms with Gasteiger partial charge in [-0.15, -0.1) is 0 Å². The summed E-state index contributed by atoms with van der Waals surface area (Å²) in [5.74, 6) is 1.26. The molecular formula is C7H14S. The molecule has 0 atom stereocenters. The minimum absolute atomic E-state index is 1.17. The summed E-state index contributed by atoms with van der Waals surface area (Å²) >= 11 is 1.90. The van der Waals surface area contributed by atoms with Crippen molar-refractivity contribution in [2.75, 3.05) is 12.0 Å². The van der Waals surface area contributed by atoms with Crippen LogP contribution in [0.15, 0.2) is 12.2 Å². The highest BCUT2D eigenvalue weighted by molar-refractivity contribution is 7.98. The van der Waals surface area contributed by atoms with Gasteiger partial charge in [0.1, 0.15) is 0 Å². The molecule has 1 heteroatoms. The van der Waals surface area contributed by atoms with Crippen LogP contribution in [0.5, 0.6) is 0 Å². The fraction of sp³-hybridized carbons (Fsp3) is 0.714. The van der Waals surface area contributed by atoms with Gasteiger partial charge in [-0.1, -0.05) is 19.1 Å². The lowest BCUT2D eigenvalue weighted by Gasteiger charge is -1.85. The smallest absolute Gasteiger partial charge is 0.00357 e. The molecule has 0 saturated heterocycles. The van der Waals surface area contributed by atoms with E-state index in [0.29, 0.717) is 0 Å². The molecule has 0 heterocycles. The fourth-order valence-electron chi connectivity index (χ4n) is 0.470. The first-order valence-electron chi connectivity index (χ1n) is 3.05. The molecule has 0 unspecified atom stereocenters. The standard InChI is InChI=1S/C7H14S/c1-3-4-5-6-7-8-2/h4-5H,3,6-7H2,1-2H3. The molecule has 0 aliphatic carbocycles. The SMILES string of the molecule is CCC=CCCSC. The van der Waals surface area contributed by atoms with E-state index in [-0.39, 0.29) is 0 Å². The Kier molecular flexibility index (Phi) is 7.17. The van der Waals surface area contributed by atoms with Gasteiger partial charge in [0, 0.05) is 0 Å². The maximum atomic E-state index is 2.25. The van der Waals surface area contributed by atoms with Crippen LogP contribution >= 0.6 is 11.8 Å². The third kappa shape index (κ3) is 6.09. The molecule has 0 aliphatic rings. The van der Waals surface area contributed by atoms with Gasteiger partial charge in [0.05, 0.1) is 0 Å². The van der Waals surface area contributed by atoms with Crippen LogP contribution in [0.4, 0.5) is 0 Å². The Balaban J connectivity index is 2.80. The third-order valence-electron chi connectivity index (χ3n) is 0.891. The molecule has 0 N–H and O–H groups in total. The highest BCUT2D eigenvalue weighted by atomic mass is 32.2. The second-order valence-corrected chi connectivity index (χ2v) is 2.65. The van der Waals surface area contributed by atoms with Gasteiger partial charge < -0.3 is 0 Å². The summed E-state index contributed by atoms with van der Waals surface area (Å²) in [5.41, 5.74) is 0. The zero-order chi connectivity index (χ0) is 6.24. The normalized spacial score (nSPS) is 10.8. The summed E-state index contributed by atoms with van der Waals surface area (Å²) in [4.78, 5) is 0.